The van der Waals surface area contributed by atoms with Crippen molar-refractivity contribution >= 4 is 5.97 Å². The molecule has 0 bridgehead atoms. The van der Waals surface area contributed by atoms with Crippen molar-refractivity contribution in [2.24, 2.45) is 0 Å². The average Bonchev–Trinajstić information content (AvgIpc) is 2.54. The van der Waals surface area contributed by atoms with Gasteiger partial charge in [0.15, 0.2) is 0 Å². The highest BCUT2D eigenvalue weighted by Gasteiger charge is 2.12. The summed E-state index contributed by atoms with van der Waals surface area (Å²) >= 11 is 0. The number of carboxylic acid groups (broad SMARTS) is 1. The summed E-state index contributed by atoms with van der Waals surface area (Å²) in [6.07, 6.45) is 0.546. The molecule has 2 aromatic carbocycles. The Morgan fingerprint density at radius 1 is 1.18 bits per heavy atom. The van der Waals surface area contributed by atoms with Crippen LogP contribution in [0.2, 0.25) is 0 Å². The van der Waals surface area contributed by atoms with Gasteiger partial charge in [-0.05, 0) is 48.7 Å². The molecule has 0 fully saturated rings. The van der Waals surface area contributed by atoms with Gasteiger partial charge in [-0.3, -0.25) is 0 Å². The highest BCUT2D eigenvalue weighted by molar-refractivity contribution is 5.87. The van der Waals surface area contributed by atoms with E-state index in [1.807, 2.05) is 31.2 Å². The Morgan fingerprint density at radius 3 is 2.32 bits per heavy atom. The molecule has 0 aliphatic rings. The molecule has 1 atom stereocenters. The SMILES string of the molecule is CCOc1ccc(C(C#N)Cc2ccc(C(=O)O)cc2)cc1. The predicted octanol–water partition coefficient (Wildman–Crippen LogP) is 3.63. The van der Waals surface area contributed by atoms with E-state index in [4.69, 9.17) is 9.84 Å². The maximum Gasteiger partial charge on any atom is 0.335 e. The van der Waals surface area contributed by atoms with Crippen molar-refractivity contribution < 1.29 is 14.6 Å². The van der Waals surface area contributed by atoms with E-state index in [1.165, 1.54) is 0 Å². The summed E-state index contributed by atoms with van der Waals surface area (Å²) < 4.78 is 5.39. The molecule has 4 nitrogen and oxygen atoms in total. The summed E-state index contributed by atoms with van der Waals surface area (Å²) in [7, 11) is 0. The van der Waals surface area contributed by atoms with Gasteiger partial charge in [0.2, 0.25) is 0 Å². The normalized spacial score (nSPS) is 11.5. The molecule has 0 saturated heterocycles. The van der Waals surface area contributed by atoms with Crippen LogP contribution in [0.4, 0.5) is 0 Å². The first kappa shape index (κ1) is 15.6. The van der Waals surface area contributed by atoms with Crippen molar-refractivity contribution in [3.63, 3.8) is 0 Å². The van der Waals surface area contributed by atoms with E-state index in [0.717, 1.165) is 16.9 Å². The second-order valence-corrected chi connectivity index (χ2v) is 4.89. The maximum atomic E-state index is 10.8. The lowest BCUT2D eigenvalue weighted by Gasteiger charge is -2.11. The third kappa shape index (κ3) is 3.86. The Balaban J connectivity index is 2.11. The lowest BCUT2D eigenvalue weighted by Crippen LogP contribution is -2.02. The number of ether oxygens (including phenoxy) is 1. The van der Waals surface area contributed by atoms with E-state index < -0.39 is 5.97 Å². The third-order valence-electron chi connectivity index (χ3n) is 3.39. The molecule has 0 aromatic heterocycles. The minimum Gasteiger partial charge on any atom is -0.494 e. The van der Waals surface area contributed by atoms with Crippen LogP contribution in [0.5, 0.6) is 5.75 Å². The van der Waals surface area contributed by atoms with Gasteiger partial charge in [0.25, 0.3) is 0 Å². The molecule has 0 saturated carbocycles. The topological polar surface area (TPSA) is 70.3 Å². The second-order valence-electron chi connectivity index (χ2n) is 4.89. The fraction of sp³-hybridized carbons (Fsp3) is 0.222. The summed E-state index contributed by atoms with van der Waals surface area (Å²) in [5.74, 6) is -0.435. The zero-order valence-electron chi connectivity index (χ0n) is 12.3. The zero-order valence-corrected chi connectivity index (χ0v) is 12.3. The van der Waals surface area contributed by atoms with Gasteiger partial charge < -0.3 is 9.84 Å². The Kier molecular flexibility index (Phi) is 5.16. The van der Waals surface area contributed by atoms with Crippen molar-refractivity contribution in [3.8, 4) is 11.8 Å². The summed E-state index contributed by atoms with van der Waals surface area (Å²) in [5.41, 5.74) is 2.11. The van der Waals surface area contributed by atoms with Crippen LogP contribution in [0.25, 0.3) is 0 Å². The average molecular weight is 295 g/mol. The third-order valence-corrected chi connectivity index (χ3v) is 3.39. The second kappa shape index (κ2) is 7.28. The number of carboxylic acids is 1. The largest absolute Gasteiger partial charge is 0.494 e. The van der Waals surface area contributed by atoms with Crippen LogP contribution in [0, 0.1) is 11.3 Å². The fourth-order valence-corrected chi connectivity index (χ4v) is 2.22. The van der Waals surface area contributed by atoms with Gasteiger partial charge in [0.1, 0.15) is 5.75 Å². The highest BCUT2D eigenvalue weighted by atomic mass is 16.5. The smallest absolute Gasteiger partial charge is 0.335 e. The molecule has 0 amide bonds. The van der Waals surface area contributed by atoms with Crippen LogP contribution < -0.4 is 4.74 Å². The Hall–Kier alpha value is -2.80. The first-order valence-electron chi connectivity index (χ1n) is 7.08. The number of nitrogens with zero attached hydrogens (tertiary/aromatic N) is 1. The van der Waals surface area contributed by atoms with Gasteiger partial charge >= 0.3 is 5.97 Å². The lowest BCUT2D eigenvalue weighted by molar-refractivity contribution is 0.0697. The molecule has 4 heteroatoms. The summed E-state index contributed by atoms with van der Waals surface area (Å²) in [6, 6.07) is 16.4. The van der Waals surface area contributed by atoms with E-state index in [-0.39, 0.29) is 11.5 Å². The van der Waals surface area contributed by atoms with E-state index in [1.54, 1.807) is 24.3 Å². The molecule has 0 spiro atoms. The monoisotopic (exact) mass is 295 g/mol. The van der Waals surface area contributed by atoms with Crippen LogP contribution in [0.1, 0.15) is 34.3 Å². The number of nitriles is 1. The summed E-state index contributed by atoms with van der Waals surface area (Å²) in [5, 5.41) is 18.3. The van der Waals surface area contributed by atoms with Crippen molar-refractivity contribution in [2.45, 2.75) is 19.3 Å². The van der Waals surface area contributed by atoms with Gasteiger partial charge in [-0.15, -0.1) is 0 Å². The van der Waals surface area contributed by atoms with E-state index in [2.05, 4.69) is 6.07 Å². The standard InChI is InChI=1S/C18H17NO3/c1-2-22-17-9-7-14(8-10-17)16(12-19)11-13-3-5-15(6-4-13)18(20)21/h3-10,16H,2,11H2,1H3,(H,20,21). The molecule has 0 heterocycles. The van der Waals surface area contributed by atoms with Crippen molar-refractivity contribution in [2.75, 3.05) is 6.61 Å². The fourth-order valence-electron chi connectivity index (χ4n) is 2.22. The predicted molar refractivity (Wildman–Crippen MR) is 83.1 cm³/mol. The van der Waals surface area contributed by atoms with Gasteiger partial charge in [0.05, 0.1) is 24.2 Å². The quantitative estimate of drug-likeness (QED) is 0.883. The van der Waals surface area contributed by atoms with Crippen molar-refractivity contribution in [1.29, 1.82) is 5.26 Å². The van der Waals surface area contributed by atoms with Crippen LogP contribution in [0.15, 0.2) is 48.5 Å². The zero-order chi connectivity index (χ0) is 15.9. The number of rotatable bonds is 6. The molecule has 22 heavy (non-hydrogen) atoms. The number of carbonyl (C=O) groups is 1. The van der Waals surface area contributed by atoms with Gasteiger partial charge in [0, 0.05) is 0 Å². The van der Waals surface area contributed by atoms with Gasteiger partial charge in [-0.25, -0.2) is 4.79 Å². The van der Waals surface area contributed by atoms with Crippen molar-refractivity contribution in [1.82, 2.24) is 0 Å². The molecule has 0 radical (unpaired) electrons. The minimum absolute atomic E-state index is 0.248. The molecule has 2 aromatic rings. The van der Waals surface area contributed by atoms with Crippen LogP contribution in [-0.2, 0) is 6.42 Å². The van der Waals surface area contributed by atoms with E-state index in [0.29, 0.717) is 13.0 Å². The molecule has 1 N–H and O–H groups in total. The number of benzene rings is 2. The number of hydrogen-bond donors (Lipinski definition) is 1. The first-order valence-corrected chi connectivity index (χ1v) is 7.08. The molecule has 2 rings (SSSR count). The van der Waals surface area contributed by atoms with Gasteiger partial charge in [-0.1, -0.05) is 24.3 Å². The molecular weight excluding hydrogens is 278 g/mol. The van der Waals surface area contributed by atoms with Crippen molar-refractivity contribution in [3.05, 3.63) is 65.2 Å². The Bertz CT molecular complexity index is 669. The summed E-state index contributed by atoms with van der Waals surface area (Å²) in [6.45, 7) is 2.53. The Morgan fingerprint density at radius 2 is 1.82 bits per heavy atom. The number of hydrogen-bond acceptors (Lipinski definition) is 3. The summed E-state index contributed by atoms with van der Waals surface area (Å²) in [4.78, 5) is 10.8. The number of aromatic carboxylic acids is 1. The molecule has 0 aliphatic carbocycles. The Labute approximate surface area is 129 Å². The first-order chi connectivity index (χ1) is 10.6. The molecule has 1 unspecified atom stereocenters. The van der Waals surface area contributed by atoms with Crippen LogP contribution in [-0.4, -0.2) is 17.7 Å². The van der Waals surface area contributed by atoms with Gasteiger partial charge in [-0.2, -0.15) is 5.26 Å². The molecule has 0 aliphatic heterocycles. The highest BCUT2D eigenvalue weighted by Crippen LogP contribution is 2.23. The van der Waals surface area contributed by atoms with E-state index in [9.17, 15) is 10.1 Å². The minimum atomic E-state index is -0.949. The van der Waals surface area contributed by atoms with Crippen LogP contribution >= 0.6 is 0 Å². The van der Waals surface area contributed by atoms with Crippen LogP contribution in [0.3, 0.4) is 0 Å². The molecular formula is C18H17NO3. The molecule has 112 valence electrons. The van der Waals surface area contributed by atoms with E-state index >= 15 is 0 Å². The maximum absolute atomic E-state index is 10.8. The lowest BCUT2D eigenvalue weighted by atomic mass is 9.93.